The largest absolute Gasteiger partial charge is 0.465 e. The number of esters is 1. The molecule has 1 unspecified atom stereocenters. The van der Waals surface area contributed by atoms with Crippen molar-refractivity contribution < 1.29 is 9.53 Å². The maximum Gasteiger partial charge on any atom is 0.328 e. The van der Waals surface area contributed by atoms with Crippen LogP contribution in [0.15, 0.2) is 46.0 Å². The molecular formula is C26H38N2O4. The van der Waals surface area contributed by atoms with E-state index in [9.17, 15) is 14.4 Å². The number of aromatic amines is 1. The van der Waals surface area contributed by atoms with Crippen LogP contribution >= 0.6 is 0 Å². The Morgan fingerprint density at radius 2 is 1.69 bits per heavy atom. The maximum absolute atomic E-state index is 12.7. The summed E-state index contributed by atoms with van der Waals surface area (Å²) < 4.78 is 7.23. The summed E-state index contributed by atoms with van der Waals surface area (Å²) in [5.41, 5.74) is 0.248. The third-order valence-electron chi connectivity index (χ3n) is 6.19. The van der Waals surface area contributed by atoms with Crippen LogP contribution < -0.4 is 11.2 Å². The second-order valence-corrected chi connectivity index (χ2v) is 9.56. The zero-order chi connectivity index (χ0) is 23.7. The normalized spacial score (nSPS) is 13.3. The molecule has 1 heterocycles. The Kier molecular flexibility index (Phi) is 9.48. The standard InChI is InChI=1S/C26H38N2O4/c1-19(2)18-26(5,20(3)4)24(30)32-16-12-7-6-11-15-28-22(17-23(29)27-25(28)31)21-13-9-8-10-14-21/h8-10,13-14,17,19-20H,6-7,11-12,15-16,18H2,1-5H3,(H,27,29,31). The second-order valence-electron chi connectivity index (χ2n) is 9.56. The first-order chi connectivity index (χ1) is 15.1. The number of aromatic nitrogens is 2. The molecule has 0 saturated carbocycles. The van der Waals surface area contributed by atoms with E-state index in [4.69, 9.17) is 4.74 Å². The highest BCUT2D eigenvalue weighted by Gasteiger charge is 2.38. The molecule has 1 aromatic carbocycles. The number of nitrogens with one attached hydrogen (secondary N) is 1. The molecule has 0 radical (unpaired) electrons. The number of carbonyl (C=O) groups excluding carboxylic acids is 1. The molecule has 2 rings (SSSR count). The van der Waals surface area contributed by atoms with Crippen molar-refractivity contribution in [3.05, 3.63) is 57.2 Å². The maximum atomic E-state index is 12.7. The number of hydrogen-bond donors (Lipinski definition) is 1. The van der Waals surface area contributed by atoms with Crippen LogP contribution in [0.25, 0.3) is 11.3 Å². The van der Waals surface area contributed by atoms with Crippen LogP contribution in [0.5, 0.6) is 0 Å². The molecule has 6 nitrogen and oxygen atoms in total. The third kappa shape index (κ3) is 6.94. The average Bonchev–Trinajstić information content (AvgIpc) is 2.73. The van der Waals surface area contributed by atoms with Gasteiger partial charge in [-0.1, -0.05) is 64.4 Å². The minimum atomic E-state index is -0.451. The fraction of sp³-hybridized carbons (Fsp3) is 0.577. The van der Waals surface area contributed by atoms with Gasteiger partial charge in [0.1, 0.15) is 0 Å². The topological polar surface area (TPSA) is 81.2 Å². The van der Waals surface area contributed by atoms with E-state index < -0.39 is 11.0 Å². The highest BCUT2D eigenvalue weighted by Crippen LogP contribution is 2.35. The number of nitrogens with zero attached hydrogens (tertiary/aromatic N) is 1. The van der Waals surface area contributed by atoms with Gasteiger partial charge in [-0.15, -0.1) is 0 Å². The molecule has 0 aliphatic carbocycles. The molecule has 0 aliphatic rings. The van der Waals surface area contributed by atoms with Crippen molar-refractivity contribution in [2.75, 3.05) is 6.61 Å². The summed E-state index contributed by atoms with van der Waals surface area (Å²) in [7, 11) is 0. The van der Waals surface area contributed by atoms with Gasteiger partial charge in [-0.05, 0) is 50.0 Å². The van der Waals surface area contributed by atoms with E-state index in [1.807, 2.05) is 37.3 Å². The number of ether oxygens (including phenoxy) is 1. The number of unbranched alkanes of at least 4 members (excludes halogenated alkanes) is 3. The summed E-state index contributed by atoms with van der Waals surface area (Å²) in [4.78, 5) is 39.2. The quantitative estimate of drug-likeness (QED) is 0.370. The highest BCUT2D eigenvalue weighted by atomic mass is 16.5. The van der Waals surface area contributed by atoms with Gasteiger partial charge in [0, 0.05) is 12.6 Å². The van der Waals surface area contributed by atoms with E-state index in [-0.39, 0.29) is 17.6 Å². The monoisotopic (exact) mass is 442 g/mol. The molecule has 1 aromatic heterocycles. The van der Waals surface area contributed by atoms with Crippen molar-refractivity contribution in [3.8, 4) is 11.3 Å². The summed E-state index contributed by atoms with van der Waals surface area (Å²) in [6.45, 7) is 11.4. The van der Waals surface area contributed by atoms with E-state index in [2.05, 4.69) is 32.7 Å². The Morgan fingerprint density at radius 3 is 2.31 bits per heavy atom. The smallest absolute Gasteiger partial charge is 0.328 e. The van der Waals surface area contributed by atoms with Crippen LogP contribution in [0.4, 0.5) is 0 Å². The Hall–Kier alpha value is -2.63. The predicted octanol–water partition coefficient (Wildman–Crippen LogP) is 5.02. The molecule has 0 saturated heterocycles. The van der Waals surface area contributed by atoms with Crippen LogP contribution in [0.2, 0.25) is 0 Å². The van der Waals surface area contributed by atoms with Gasteiger partial charge in [0.25, 0.3) is 5.56 Å². The van der Waals surface area contributed by atoms with E-state index in [1.54, 1.807) is 4.57 Å². The van der Waals surface area contributed by atoms with Crippen molar-refractivity contribution >= 4 is 5.97 Å². The first-order valence-electron chi connectivity index (χ1n) is 11.7. The van der Waals surface area contributed by atoms with Gasteiger partial charge in [-0.3, -0.25) is 19.1 Å². The average molecular weight is 443 g/mol. The highest BCUT2D eigenvalue weighted by molar-refractivity contribution is 5.76. The van der Waals surface area contributed by atoms with Crippen molar-refractivity contribution in [2.24, 2.45) is 17.3 Å². The summed E-state index contributed by atoms with van der Waals surface area (Å²) >= 11 is 0. The molecule has 0 amide bonds. The Balaban J connectivity index is 1.84. The molecule has 6 heteroatoms. The van der Waals surface area contributed by atoms with E-state index in [1.165, 1.54) is 6.07 Å². The molecule has 1 N–H and O–H groups in total. The van der Waals surface area contributed by atoms with Gasteiger partial charge < -0.3 is 4.74 Å². The number of benzene rings is 1. The summed E-state index contributed by atoms with van der Waals surface area (Å²) in [6, 6.07) is 10.9. The summed E-state index contributed by atoms with van der Waals surface area (Å²) in [5, 5.41) is 0. The lowest BCUT2D eigenvalue weighted by molar-refractivity contribution is -0.159. The van der Waals surface area contributed by atoms with Crippen LogP contribution in [0.1, 0.15) is 66.7 Å². The zero-order valence-electron chi connectivity index (χ0n) is 20.1. The number of rotatable bonds is 12. The zero-order valence-corrected chi connectivity index (χ0v) is 20.1. The first kappa shape index (κ1) is 25.6. The van der Waals surface area contributed by atoms with E-state index in [0.29, 0.717) is 24.8 Å². The Morgan fingerprint density at radius 1 is 1.03 bits per heavy atom. The minimum Gasteiger partial charge on any atom is -0.465 e. The molecule has 32 heavy (non-hydrogen) atoms. The van der Waals surface area contributed by atoms with E-state index in [0.717, 1.165) is 37.7 Å². The number of carbonyl (C=O) groups is 1. The predicted molar refractivity (Wildman–Crippen MR) is 129 cm³/mol. The Bertz CT molecular complexity index is 975. The molecule has 0 bridgehead atoms. The fourth-order valence-electron chi connectivity index (χ4n) is 4.05. The fourth-order valence-corrected chi connectivity index (χ4v) is 4.05. The lowest BCUT2D eigenvalue weighted by atomic mass is 9.73. The molecule has 1 atom stereocenters. The number of hydrogen-bond acceptors (Lipinski definition) is 4. The lowest BCUT2D eigenvalue weighted by Gasteiger charge is -2.32. The second kappa shape index (κ2) is 11.8. The molecule has 0 fully saturated rings. The van der Waals surface area contributed by atoms with Gasteiger partial charge in [-0.2, -0.15) is 0 Å². The SMILES string of the molecule is CC(C)CC(C)(C(=O)OCCCCCCn1c(-c2ccccc2)cc(=O)[nH]c1=O)C(C)C. The molecular weight excluding hydrogens is 404 g/mol. The Labute approximate surface area is 191 Å². The first-order valence-corrected chi connectivity index (χ1v) is 11.7. The molecule has 0 aliphatic heterocycles. The van der Waals surface area contributed by atoms with Crippen LogP contribution in [-0.4, -0.2) is 22.1 Å². The van der Waals surface area contributed by atoms with Crippen LogP contribution in [0.3, 0.4) is 0 Å². The lowest BCUT2D eigenvalue weighted by Crippen LogP contribution is -2.36. The van der Waals surface area contributed by atoms with Gasteiger partial charge in [0.2, 0.25) is 0 Å². The van der Waals surface area contributed by atoms with Gasteiger partial charge in [0.05, 0.1) is 17.7 Å². The van der Waals surface area contributed by atoms with Crippen molar-refractivity contribution in [1.82, 2.24) is 9.55 Å². The van der Waals surface area contributed by atoms with E-state index >= 15 is 0 Å². The van der Waals surface area contributed by atoms with Gasteiger partial charge >= 0.3 is 11.7 Å². The third-order valence-corrected chi connectivity index (χ3v) is 6.19. The minimum absolute atomic E-state index is 0.103. The number of H-pyrrole nitrogens is 1. The summed E-state index contributed by atoms with van der Waals surface area (Å²) in [5.74, 6) is 0.562. The molecule has 2 aromatic rings. The van der Waals surface area contributed by atoms with Crippen LogP contribution in [0, 0.1) is 17.3 Å². The molecule has 176 valence electrons. The molecule has 0 spiro atoms. The van der Waals surface area contributed by atoms with Crippen molar-refractivity contribution in [2.45, 2.75) is 73.3 Å². The van der Waals surface area contributed by atoms with Crippen molar-refractivity contribution in [1.29, 1.82) is 0 Å². The van der Waals surface area contributed by atoms with Gasteiger partial charge in [0.15, 0.2) is 0 Å². The van der Waals surface area contributed by atoms with Crippen molar-refractivity contribution in [3.63, 3.8) is 0 Å². The summed E-state index contributed by atoms with van der Waals surface area (Å²) in [6.07, 6.45) is 4.24. The van der Waals surface area contributed by atoms with Crippen LogP contribution in [-0.2, 0) is 16.1 Å². The van der Waals surface area contributed by atoms with Gasteiger partial charge in [-0.25, -0.2) is 4.79 Å².